The third kappa shape index (κ3) is 4.74. The Morgan fingerprint density at radius 1 is 0.882 bits per heavy atom. The first-order valence-electron chi connectivity index (χ1n) is 10.6. The maximum atomic E-state index is 12.8. The van der Waals surface area contributed by atoms with E-state index in [1.165, 1.54) is 11.8 Å². The molecule has 5 rings (SSSR count). The maximum absolute atomic E-state index is 12.8. The van der Waals surface area contributed by atoms with Gasteiger partial charge in [0.2, 0.25) is 0 Å². The van der Waals surface area contributed by atoms with Crippen LogP contribution in [-0.4, -0.2) is 16.9 Å². The predicted molar refractivity (Wildman–Crippen MR) is 131 cm³/mol. The van der Waals surface area contributed by atoms with Crippen molar-refractivity contribution in [1.29, 1.82) is 0 Å². The fourth-order valence-electron chi connectivity index (χ4n) is 3.60. The summed E-state index contributed by atoms with van der Waals surface area (Å²) in [7, 11) is 0. The molecule has 0 unspecified atom stereocenters. The van der Waals surface area contributed by atoms with Crippen molar-refractivity contribution >= 4 is 29.3 Å². The molecule has 0 spiro atoms. The topological polar surface area (TPSA) is 87.7 Å². The van der Waals surface area contributed by atoms with E-state index in [2.05, 4.69) is 10.6 Å². The number of carbonyl (C=O) groups excluding carboxylic acids is 2. The molecule has 0 bridgehead atoms. The molecule has 7 heteroatoms. The highest BCUT2D eigenvalue weighted by atomic mass is 32.2. The number of rotatable bonds is 5. The van der Waals surface area contributed by atoms with Crippen molar-refractivity contribution in [3.8, 4) is 17.2 Å². The summed E-state index contributed by atoms with van der Waals surface area (Å²) in [5, 5.41) is 15.4. The van der Waals surface area contributed by atoms with Crippen LogP contribution in [0.25, 0.3) is 0 Å². The zero-order valence-corrected chi connectivity index (χ0v) is 18.8. The van der Waals surface area contributed by atoms with E-state index in [4.69, 9.17) is 4.74 Å². The zero-order valence-electron chi connectivity index (χ0n) is 17.9. The normalized spacial score (nSPS) is 11.9. The van der Waals surface area contributed by atoms with Gasteiger partial charge in [-0.15, -0.1) is 0 Å². The number of fused-ring (bicyclic) bond motifs is 2. The van der Waals surface area contributed by atoms with Crippen molar-refractivity contribution in [2.24, 2.45) is 0 Å². The number of hydrogen-bond donors (Lipinski definition) is 3. The average Bonchev–Trinajstić information content (AvgIpc) is 2.98. The minimum absolute atomic E-state index is 0.222. The molecule has 1 aliphatic rings. The number of phenols is 1. The van der Waals surface area contributed by atoms with Gasteiger partial charge in [-0.05, 0) is 66.2 Å². The molecule has 0 radical (unpaired) electrons. The van der Waals surface area contributed by atoms with E-state index in [1.54, 1.807) is 60.7 Å². The third-order valence-electron chi connectivity index (χ3n) is 5.25. The fraction of sp³-hybridized carbons (Fsp3) is 0.0370. The van der Waals surface area contributed by atoms with Crippen LogP contribution in [0.3, 0.4) is 0 Å². The van der Waals surface area contributed by atoms with E-state index >= 15 is 0 Å². The van der Waals surface area contributed by atoms with Crippen molar-refractivity contribution < 1.29 is 19.4 Å². The van der Waals surface area contributed by atoms with E-state index in [-0.39, 0.29) is 17.6 Å². The van der Waals surface area contributed by atoms with Crippen LogP contribution in [0.5, 0.6) is 17.2 Å². The van der Waals surface area contributed by atoms with Crippen molar-refractivity contribution in [2.75, 3.05) is 5.32 Å². The molecule has 6 nitrogen and oxygen atoms in total. The molecule has 0 fully saturated rings. The summed E-state index contributed by atoms with van der Waals surface area (Å²) in [6.07, 6.45) is 0. The molecule has 1 heterocycles. The summed E-state index contributed by atoms with van der Waals surface area (Å²) in [5.41, 5.74) is 2.24. The monoisotopic (exact) mass is 468 g/mol. The van der Waals surface area contributed by atoms with Crippen LogP contribution in [0.1, 0.15) is 26.3 Å². The molecule has 34 heavy (non-hydrogen) atoms. The van der Waals surface area contributed by atoms with Gasteiger partial charge in [-0.3, -0.25) is 9.59 Å². The van der Waals surface area contributed by atoms with Crippen molar-refractivity contribution in [1.82, 2.24) is 5.32 Å². The maximum Gasteiger partial charge on any atom is 0.259 e. The zero-order chi connectivity index (χ0) is 23.5. The first-order valence-corrected chi connectivity index (χ1v) is 11.4. The van der Waals surface area contributed by atoms with Crippen molar-refractivity contribution in [3.63, 3.8) is 0 Å². The van der Waals surface area contributed by atoms with E-state index in [9.17, 15) is 14.7 Å². The van der Waals surface area contributed by atoms with Crippen molar-refractivity contribution in [3.05, 3.63) is 108 Å². The van der Waals surface area contributed by atoms with E-state index in [1.807, 2.05) is 30.3 Å². The van der Waals surface area contributed by atoms with Crippen LogP contribution in [0, 0.1) is 0 Å². The SMILES string of the molecule is O=C(NCc1cccc(Sc2cccc(O)c2)c1)c1ccc2c(c1)NC(=O)c1ccccc1O2. The number of carbonyl (C=O) groups is 2. The molecule has 0 aliphatic carbocycles. The number of benzene rings is 4. The number of hydrogen-bond acceptors (Lipinski definition) is 5. The van der Waals surface area contributed by atoms with Crippen LogP contribution in [0.2, 0.25) is 0 Å². The second kappa shape index (κ2) is 9.33. The molecule has 0 aromatic heterocycles. The largest absolute Gasteiger partial charge is 0.508 e. The Hall–Kier alpha value is -4.23. The minimum Gasteiger partial charge on any atom is -0.508 e. The third-order valence-corrected chi connectivity index (χ3v) is 6.23. The molecule has 168 valence electrons. The Bertz CT molecular complexity index is 1400. The Morgan fingerprint density at radius 2 is 1.68 bits per heavy atom. The van der Waals surface area contributed by atoms with Crippen LogP contribution in [-0.2, 0) is 6.54 Å². The van der Waals surface area contributed by atoms with Crippen LogP contribution in [0.15, 0.2) is 101 Å². The van der Waals surface area contributed by atoms with Gasteiger partial charge < -0.3 is 20.5 Å². The Morgan fingerprint density at radius 3 is 2.53 bits per heavy atom. The fourth-order valence-corrected chi connectivity index (χ4v) is 4.55. The number of para-hydroxylation sites is 1. The lowest BCUT2D eigenvalue weighted by molar-refractivity contribution is 0.0949. The number of anilines is 1. The lowest BCUT2D eigenvalue weighted by Crippen LogP contribution is -2.23. The van der Waals surface area contributed by atoms with Crippen LogP contribution < -0.4 is 15.4 Å². The highest BCUT2D eigenvalue weighted by molar-refractivity contribution is 7.99. The number of nitrogens with one attached hydrogen (secondary N) is 2. The molecular formula is C27H20N2O4S. The first-order chi connectivity index (χ1) is 16.5. The van der Waals surface area contributed by atoms with Gasteiger partial charge in [-0.2, -0.15) is 0 Å². The number of amides is 2. The summed E-state index contributed by atoms with van der Waals surface area (Å²) in [5.74, 6) is 0.628. The van der Waals surface area contributed by atoms with Crippen LogP contribution >= 0.6 is 11.8 Å². The molecule has 0 saturated carbocycles. The van der Waals surface area contributed by atoms with Crippen molar-refractivity contribution in [2.45, 2.75) is 16.3 Å². The van der Waals surface area contributed by atoms with Gasteiger partial charge in [0, 0.05) is 21.9 Å². The van der Waals surface area contributed by atoms with Gasteiger partial charge >= 0.3 is 0 Å². The van der Waals surface area contributed by atoms with Crippen LogP contribution in [0.4, 0.5) is 5.69 Å². The van der Waals surface area contributed by atoms with E-state index < -0.39 is 0 Å². The lowest BCUT2D eigenvalue weighted by atomic mass is 10.1. The molecule has 4 aromatic rings. The van der Waals surface area contributed by atoms with Gasteiger partial charge in [-0.25, -0.2) is 0 Å². The second-order valence-corrected chi connectivity index (χ2v) is 8.84. The molecule has 2 amide bonds. The number of phenolic OH excluding ortho intramolecular Hbond substituents is 1. The highest BCUT2D eigenvalue weighted by Gasteiger charge is 2.21. The Labute approximate surface area is 200 Å². The summed E-state index contributed by atoms with van der Waals surface area (Å²) >= 11 is 1.53. The number of ether oxygens (including phenoxy) is 1. The summed E-state index contributed by atoms with van der Waals surface area (Å²) in [6, 6.07) is 26.9. The average molecular weight is 469 g/mol. The smallest absolute Gasteiger partial charge is 0.259 e. The van der Waals surface area contributed by atoms with Gasteiger partial charge in [0.15, 0.2) is 5.75 Å². The Kier molecular flexibility index (Phi) is 5.93. The summed E-state index contributed by atoms with van der Waals surface area (Å²) in [4.78, 5) is 27.3. The van der Waals surface area contributed by atoms with E-state index in [0.717, 1.165) is 15.4 Å². The summed E-state index contributed by atoms with van der Waals surface area (Å²) in [6.45, 7) is 0.346. The first kappa shape index (κ1) is 21.6. The molecule has 1 aliphatic heterocycles. The minimum atomic E-state index is -0.284. The molecular weight excluding hydrogens is 448 g/mol. The standard InChI is InChI=1S/C27H20N2O4S/c30-19-6-4-8-21(15-19)34-20-7-3-5-17(13-20)16-28-26(31)18-11-12-25-23(14-18)29-27(32)22-9-1-2-10-24(22)33-25/h1-15,30H,16H2,(H,28,31)(H,29,32). The highest BCUT2D eigenvalue weighted by Crippen LogP contribution is 2.36. The molecule has 3 N–H and O–H groups in total. The Balaban J connectivity index is 1.27. The molecule has 4 aromatic carbocycles. The second-order valence-electron chi connectivity index (χ2n) is 7.69. The lowest BCUT2D eigenvalue weighted by Gasteiger charge is -2.11. The van der Waals surface area contributed by atoms with Gasteiger partial charge in [0.05, 0.1) is 11.3 Å². The molecule has 0 atom stereocenters. The van der Waals surface area contributed by atoms with Gasteiger partial charge in [0.25, 0.3) is 11.8 Å². The summed E-state index contributed by atoms with van der Waals surface area (Å²) < 4.78 is 5.87. The number of aromatic hydroxyl groups is 1. The predicted octanol–water partition coefficient (Wildman–Crippen LogP) is 5.83. The molecule has 0 saturated heterocycles. The van der Waals surface area contributed by atoms with E-state index in [0.29, 0.717) is 34.9 Å². The van der Waals surface area contributed by atoms with Gasteiger partial charge in [-0.1, -0.05) is 42.1 Å². The quantitative estimate of drug-likeness (QED) is 0.343. The van der Waals surface area contributed by atoms with Gasteiger partial charge in [0.1, 0.15) is 11.5 Å².